The summed E-state index contributed by atoms with van der Waals surface area (Å²) in [4.78, 5) is 11.0. The first-order chi connectivity index (χ1) is 13.8. The maximum atomic E-state index is 12.8. The van der Waals surface area contributed by atoms with Crippen molar-refractivity contribution in [3.63, 3.8) is 0 Å². The van der Waals surface area contributed by atoms with Crippen molar-refractivity contribution in [3.05, 3.63) is 47.7 Å². The summed E-state index contributed by atoms with van der Waals surface area (Å²) in [6.07, 6.45) is -2.23. The Morgan fingerprint density at radius 1 is 1.17 bits per heavy atom. The van der Waals surface area contributed by atoms with E-state index in [0.29, 0.717) is 21.9 Å². The second kappa shape index (κ2) is 7.79. The smallest absolute Gasteiger partial charge is 0.372 e. The molecule has 3 heterocycles. The third-order valence-electron chi connectivity index (χ3n) is 4.71. The van der Waals surface area contributed by atoms with E-state index in [0.717, 1.165) is 36.6 Å². The lowest BCUT2D eigenvalue weighted by Gasteiger charge is -2.36. The lowest BCUT2D eigenvalue weighted by molar-refractivity contribution is -0.137. The van der Waals surface area contributed by atoms with Crippen LogP contribution in [0.4, 0.5) is 24.1 Å². The fraction of sp³-hybridized carbons (Fsp3) is 0.400. The number of hydrogen-bond donors (Lipinski definition) is 1. The van der Waals surface area contributed by atoms with Gasteiger partial charge in [0.05, 0.1) is 28.0 Å². The largest absolute Gasteiger partial charge is 0.416 e. The number of nitrogens with one attached hydrogen (secondary N) is 1. The predicted molar refractivity (Wildman–Crippen MR) is 108 cm³/mol. The molecule has 1 aromatic carbocycles. The van der Waals surface area contributed by atoms with E-state index in [2.05, 4.69) is 34.0 Å². The topological polar surface area (TPSA) is 50.3 Å². The first-order valence-electron chi connectivity index (χ1n) is 9.35. The van der Waals surface area contributed by atoms with E-state index in [-0.39, 0.29) is 12.2 Å². The van der Waals surface area contributed by atoms with Gasteiger partial charge in [-0.25, -0.2) is 9.97 Å². The van der Waals surface area contributed by atoms with Gasteiger partial charge in [0.25, 0.3) is 0 Å². The number of hydrogen-bond acceptors (Lipinski definition) is 6. The zero-order chi connectivity index (χ0) is 20.6. The van der Waals surface area contributed by atoms with Crippen molar-refractivity contribution >= 4 is 32.5 Å². The molecule has 1 fully saturated rings. The van der Waals surface area contributed by atoms with E-state index in [1.807, 2.05) is 18.3 Å². The molecule has 2 atom stereocenters. The standard InChI is InChI=1S/C20H21F3N4OS/c1-12-10-27(11-13(2)28-12)18-6-3-14(8-24-18)9-25-19-26-16-7-15(20(21,22)23)4-5-17(16)29-19/h3-8,12-13H,9-11H2,1-2H3,(H,25,26)/t12-,13-/m1/s1. The molecular formula is C20H21F3N4OS. The van der Waals surface area contributed by atoms with Gasteiger partial charge in [0.15, 0.2) is 5.13 Å². The minimum atomic E-state index is -4.37. The number of pyridine rings is 1. The normalized spacial score (nSPS) is 20.2. The number of rotatable bonds is 4. The summed E-state index contributed by atoms with van der Waals surface area (Å²) in [6, 6.07) is 7.60. The van der Waals surface area contributed by atoms with Gasteiger partial charge >= 0.3 is 6.18 Å². The quantitative estimate of drug-likeness (QED) is 0.646. The monoisotopic (exact) mass is 422 g/mol. The van der Waals surface area contributed by atoms with E-state index in [1.165, 1.54) is 17.4 Å². The second-order valence-corrected chi connectivity index (χ2v) is 8.27. The maximum Gasteiger partial charge on any atom is 0.416 e. The van der Waals surface area contributed by atoms with Crippen LogP contribution in [-0.2, 0) is 17.5 Å². The highest BCUT2D eigenvalue weighted by atomic mass is 32.1. The molecule has 5 nitrogen and oxygen atoms in total. The molecule has 0 aliphatic carbocycles. The number of aromatic nitrogens is 2. The lowest BCUT2D eigenvalue weighted by Crippen LogP contribution is -2.45. The van der Waals surface area contributed by atoms with Crippen LogP contribution in [0, 0.1) is 0 Å². The average Bonchev–Trinajstić information content (AvgIpc) is 3.07. The molecule has 0 spiro atoms. The van der Waals surface area contributed by atoms with Gasteiger partial charge in [0, 0.05) is 25.8 Å². The molecule has 1 saturated heterocycles. The first kappa shape index (κ1) is 19.9. The number of morpholine rings is 1. The Morgan fingerprint density at radius 3 is 2.59 bits per heavy atom. The van der Waals surface area contributed by atoms with Crippen molar-refractivity contribution in [1.29, 1.82) is 0 Å². The maximum absolute atomic E-state index is 12.8. The predicted octanol–water partition coefficient (Wildman–Crippen LogP) is 4.94. The molecule has 0 radical (unpaired) electrons. The van der Waals surface area contributed by atoms with Crippen LogP contribution < -0.4 is 10.2 Å². The second-order valence-electron chi connectivity index (χ2n) is 7.24. The SMILES string of the molecule is C[C@@H]1CN(c2ccc(CNc3nc4cc(C(F)(F)F)ccc4s3)cn2)C[C@@H](C)O1. The Kier molecular flexibility index (Phi) is 5.35. The van der Waals surface area contributed by atoms with E-state index in [4.69, 9.17) is 4.74 Å². The van der Waals surface area contributed by atoms with Crippen molar-refractivity contribution < 1.29 is 17.9 Å². The zero-order valence-electron chi connectivity index (χ0n) is 16.0. The Labute approximate surface area is 170 Å². The number of fused-ring (bicyclic) bond motifs is 1. The number of nitrogens with zero attached hydrogens (tertiary/aromatic N) is 3. The molecule has 0 unspecified atom stereocenters. The van der Waals surface area contributed by atoms with Crippen molar-refractivity contribution in [2.75, 3.05) is 23.3 Å². The Morgan fingerprint density at radius 2 is 1.93 bits per heavy atom. The third-order valence-corrected chi connectivity index (χ3v) is 5.71. The van der Waals surface area contributed by atoms with Crippen molar-refractivity contribution in [1.82, 2.24) is 9.97 Å². The third kappa shape index (κ3) is 4.62. The van der Waals surface area contributed by atoms with Crippen LogP contribution in [0.3, 0.4) is 0 Å². The first-order valence-corrected chi connectivity index (χ1v) is 10.2. The summed E-state index contributed by atoms with van der Waals surface area (Å²) in [5.74, 6) is 0.912. The molecule has 0 amide bonds. The number of thiazole rings is 1. The van der Waals surface area contributed by atoms with Gasteiger partial charge in [-0.05, 0) is 43.7 Å². The molecular weight excluding hydrogens is 401 g/mol. The highest BCUT2D eigenvalue weighted by molar-refractivity contribution is 7.22. The van der Waals surface area contributed by atoms with Crippen LogP contribution in [0.15, 0.2) is 36.5 Å². The van der Waals surface area contributed by atoms with E-state index < -0.39 is 11.7 Å². The number of halogens is 3. The van der Waals surface area contributed by atoms with Gasteiger partial charge in [-0.3, -0.25) is 0 Å². The van der Waals surface area contributed by atoms with Crippen molar-refractivity contribution in [2.24, 2.45) is 0 Å². The lowest BCUT2D eigenvalue weighted by atomic mass is 10.2. The van der Waals surface area contributed by atoms with Crippen molar-refractivity contribution in [2.45, 2.75) is 38.8 Å². The van der Waals surface area contributed by atoms with Crippen LogP contribution in [0.25, 0.3) is 10.2 Å². The van der Waals surface area contributed by atoms with Gasteiger partial charge in [0.1, 0.15) is 5.82 Å². The Bertz CT molecular complexity index is 980. The highest BCUT2D eigenvalue weighted by Gasteiger charge is 2.30. The summed E-state index contributed by atoms with van der Waals surface area (Å²) in [5, 5.41) is 3.76. The summed E-state index contributed by atoms with van der Waals surface area (Å²) in [7, 11) is 0. The van der Waals surface area contributed by atoms with Gasteiger partial charge < -0.3 is 15.0 Å². The molecule has 154 valence electrons. The van der Waals surface area contributed by atoms with Gasteiger partial charge in [-0.15, -0.1) is 0 Å². The van der Waals surface area contributed by atoms with Crippen LogP contribution in [0.5, 0.6) is 0 Å². The van der Waals surface area contributed by atoms with Gasteiger partial charge in [0.2, 0.25) is 0 Å². The molecule has 2 aromatic heterocycles. The van der Waals surface area contributed by atoms with Crippen LogP contribution >= 0.6 is 11.3 Å². The Balaban J connectivity index is 1.41. The summed E-state index contributed by atoms with van der Waals surface area (Å²) in [5.41, 5.74) is 0.628. The molecule has 29 heavy (non-hydrogen) atoms. The number of anilines is 2. The molecule has 4 rings (SSSR count). The van der Waals surface area contributed by atoms with Crippen LogP contribution in [0.1, 0.15) is 25.0 Å². The van der Waals surface area contributed by atoms with Crippen LogP contribution in [-0.4, -0.2) is 35.3 Å². The molecule has 1 aliphatic rings. The van der Waals surface area contributed by atoms with Crippen molar-refractivity contribution in [3.8, 4) is 0 Å². The minimum Gasteiger partial charge on any atom is -0.372 e. The summed E-state index contributed by atoms with van der Waals surface area (Å²) in [6.45, 7) is 6.21. The number of ether oxygens (including phenoxy) is 1. The van der Waals surface area contributed by atoms with E-state index >= 15 is 0 Å². The highest BCUT2D eigenvalue weighted by Crippen LogP contribution is 2.34. The average molecular weight is 422 g/mol. The van der Waals surface area contributed by atoms with E-state index in [9.17, 15) is 13.2 Å². The molecule has 0 bridgehead atoms. The molecule has 1 aliphatic heterocycles. The zero-order valence-corrected chi connectivity index (χ0v) is 16.8. The molecule has 3 aromatic rings. The number of benzene rings is 1. The fourth-order valence-electron chi connectivity index (χ4n) is 3.43. The van der Waals surface area contributed by atoms with E-state index in [1.54, 1.807) is 0 Å². The molecule has 9 heteroatoms. The summed E-state index contributed by atoms with van der Waals surface area (Å²) < 4.78 is 45.0. The Hall–Kier alpha value is -2.39. The summed E-state index contributed by atoms with van der Waals surface area (Å²) >= 11 is 1.33. The molecule has 1 N–H and O–H groups in total. The number of alkyl halides is 3. The van der Waals surface area contributed by atoms with Gasteiger partial charge in [-0.2, -0.15) is 13.2 Å². The van der Waals surface area contributed by atoms with Gasteiger partial charge in [-0.1, -0.05) is 17.4 Å². The van der Waals surface area contributed by atoms with Crippen LogP contribution in [0.2, 0.25) is 0 Å². The molecule has 0 saturated carbocycles. The minimum absolute atomic E-state index is 0.166. The fourth-order valence-corrected chi connectivity index (χ4v) is 4.27.